The van der Waals surface area contributed by atoms with E-state index in [1.807, 2.05) is 0 Å². The van der Waals surface area contributed by atoms with Crippen LogP contribution in [0.25, 0.3) is 0 Å². The summed E-state index contributed by atoms with van der Waals surface area (Å²) in [4.78, 5) is 12.8. The predicted molar refractivity (Wildman–Crippen MR) is 66.0 cm³/mol. The van der Waals surface area contributed by atoms with Crippen LogP contribution in [0.2, 0.25) is 0 Å². The van der Waals surface area contributed by atoms with E-state index in [-0.39, 0.29) is 11.6 Å². The van der Waals surface area contributed by atoms with Gasteiger partial charge in [0.05, 0.1) is 5.69 Å². The second kappa shape index (κ2) is 5.51. The van der Waals surface area contributed by atoms with Crippen LogP contribution in [0.3, 0.4) is 0 Å². The first kappa shape index (κ1) is 12.5. The molecule has 0 unspecified atom stereocenters. The van der Waals surface area contributed by atoms with Gasteiger partial charge in [0.15, 0.2) is 0 Å². The molecule has 0 bridgehead atoms. The predicted octanol–water partition coefficient (Wildman–Crippen LogP) is 2.87. The lowest BCUT2D eigenvalue weighted by Gasteiger charge is -2.17. The molecule has 0 N–H and O–H groups in total. The van der Waals surface area contributed by atoms with Crippen molar-refractivity contribution in [2.45, 2.75) is 6.42 Å². The van der Waals surface area contributed by atoms with Crippen LogP contribution in [-0.2, 0) is 4.79 Å². The lowest BCUT2D eigenvalue weighted by atomic mass is 10.2. The number of hydrogen-bond donors (Lipinski definition) is 1. The van der Waals surface area contributed by atoms with Crippen molar-refractivity contribution in [1.82, 2.24) is 0 Å². The van der Waals surface area contributed by atoms with Crippen molar-refractivity contribution in [1.29, 1.82) is 0 Å². The van der Waals surface area contributed by atoms with E-state index in [1.165, 1.54) is 11.0 Å². The molecule has 1 rings (SSSR count). The average Bonchev–Trinajstić information content (AvgIpc) is 2.21. The van der Waals surface area contributed by atoms with Crippen molar-refractivity contribution in [3.63, 3.8) is 0 Å². The highest BCUT2D eigenvalue weighted by Crippen LogP contribution is 2.23. The second-order valence-electron chi connectivity index (χ2n) is 3.02. The van der Waals surface area contributed by atoms with Gasteiger partial charge in [-0.1, -0.05) is 15.9 Å². The van der Waals surface area contributed by atoms with Gasteiger partial charge in [-0.2, -0.15) is 12.6 Å². The van der Waals surface area contributed by atoms with E-state index in [1.54, 1.807) is 19.2 Å². The van der Waals surface area contributed by atoms with Gasteiger partial charge in [-0.25, -0.2) is 4.39 Å². The number of amides is 1. The molecule has 15 heavy (non-hydrogen) atoms. The summed E-state index contributed by atoms with van der Waals surface area (Å²) in [6.45, 7) is 0. The van der Waals surface area contributed by atoms with Gasteiger partial charge in [-0.3, -0.25) is 4.79 Å². The molecule has 1 amide bonds. The van der Waals surface area contributed by atoms with Crippen LogP contribution in [-0.4, -0.2) is 18.7 Å². The molecule has 2 nitrogen and oxygen atoms in total. The van der Waals surface area contributed by atoms with Crippen molar-refractivity contribution in [3.8, 4) is 0 Å². The summed E-state index contributed by atoms with van der Waals surface area (Å²) >= 11 is 7.20. The third kappa shape index (κ3) is 3.21. The SMILES string of the molecule is CN(C(=O)CCS)c1cc(Br)ccc1F. The molecule has 0 atom stereocenters. The van der Waals surface area contributed by atoms with Crippen LogP contribution in [0.4, 0.5) is 10.1 Å². The molecule has 5 heteroatoms. The van der Waals surface area contributed by atoms with Gasteiger partial charge in [-0.05, 0) is 24.0 Å². The number of carbonyl (C=O) groups is 1. The molecule has 0 aliphatic carbocycles. The fraction of sp³-hybridized carbons (Fsp3) is 0.300. The Kier molecular flexibility index (Phi) is 4.60. The van der Waals surface area contributed by atoms with Gasteiger partial charge in [0.25, 0.3) is 0 Å². The Hall–Kier alpha value is -0.550. The van der Waals surface area contributed by atoms with Gasteiger partial charge in [-0.15, -0.1) is 0 Å². The number of carbonyl (C=O) groups excluding carboxylic acids is 1. The molecule has 1 aromatic carbocycles. The van der Waals surface area contributed by atoms with Crippen LogP contribution in [0.5, 0.6) is 0 Å². The van der Waals surface area contributed by atoms with E-state index in [4.69, 9.17) is 0 Å². The molecule has 0 saturated carbocycles. The van der Waals surface area contributed by atoms with Gasteiger partial charge >= 0.3 is 0 Å². The van der Waals surface area contributed by atoms with E-state index in [2.05, 4.69) is 28.6 Å². The van der Waals surface area contributed by atoms with E-state index >= 15 is 0 Å². The Balaban J connectivity index is 2.94. The molecule has 1 aromatic rings. The fourth-order valence-electron chi connectivity index (χ4n) is 1.14. The summed E-state index contributed by atoms with van der Waals surface area (Å²) in [5.74, 6) is -0.103. The van der Waals surface area contributed by atoms with Crippen molar-refractivity contribution in [3.05, 3.63) is 28.5 Å². The second-order valence-corrected chi connectivity index (χ2v) is 4.38. The van der Waals surface area contributed by atoms with Gasteiger partial charge in [0.1, 0.15) is 5.82 Å². The van der Waals surface area contributed by atoms with Gasteiger partial charge in [0, 0.05) is 17.9 Å². The molecule has 0 spiro atoms. The van der Waals surface area contributed by atoms with E-state index in [9.17, 15) is 9.18 Å². The lowest BCUT2D eigenvalue weighted by molar-refractivity contribution is -0.117. The molecular weight excluding hydrogens is 281 g/mol. The minimum absolute atomic E-state index is 0.151. The zero-order chi connectivity index (χ0) is 11.4. The lowest BCUT2D eigenvalue weighted by Crippen LogP contribution is -2.27. The molecule has 0 aliphatic rings. The van der Waals surface area contributed by atoms with E-state index in [0.29, 0.717) is 12.2 Å². The maximum absolute atomic E-state index is 13.4. The van der Waals surface area contributed by atoms with E-state index < -0.39 is 5.82 Å². The smallest absolute Gasteiger partial charge is 0.227 e. The molecular formula is C10H11BrFNOS. The number of nitrogens with zero attached hydrogens (tertiary/aromatic N) is 1. The Morgan fingerprint density at radius 1 is 1.60 bits per heavy atom. The summed E-state index contributed by atoms with van der Waals surface area (Å²) in [5.41, 5.74) is 0.274. The standard InChI is InChI=1S/C10H11BrFNOS/c1-13(10(14)4-5-15)9-6-7(11)2-3-8(9)12/h2-3,6,15H,4-5H2,1H3. The highest BCUT2D eigenvalue weighted by molar-refractivity contribution is 9.10. The van der Waals surface area contributed by atoms with Gasteiger partial charge < -0.3 is 4.90 Å². The first-order valence-electron chi connectivity index (χ1n) is 4.38. The fourth-order valence-corrected chi connectivity index (χ4v) is 1.68. The Bertz CT molecular complexity index is 372. The summed E-state index contributed by atoms with van der Waals surface area (Å²) in [5, 5.41) is 0. The first-order chi connectivity index (χ1) is 7.06. The number of rotatable bonds is 3. The maximum Gasteiger partial charge on any atom is 0.227 e. The Morgan fingerprint density at radius 2 is 2.27 bits per heavy atom. The molecule has 0 aliphatic heterocycles. The molecule has 0 aromatic heterocycles. The average molecular weight is 292 g/mol. The van der Waals surface area contributed by atoms with Crippen LogP contribution in [0.1, 0.15) is 6.42 Å². The molecule has 0 saturated heterocycles. The normalized spacial score (nSPS) is 10.1. The highest BCUT2D eigenvalue weighted by atomic mass is 79.9. The summed E-state index contributed by atoms with van der Waals surface area (Å²) in [6.07, 6.45) is 0.297. The topological polar surface area (TPSA) is 20.3 Å². The maximum atomic E-state index is 13.4. The van der Waals surface area contributed by atoms with E-state index in [0.717, 1.165) is 4.47 Å². The van der Waals surface area contributed by atoms with Crippen molar-refractivity contribution in [2.75, 3.05) is 17.7 Å². The van der Waals surface area contributed by atoms with Crippen LogP contribution in [0, 0.1) is 5.82 Å². The third-order valence-corrected chi connectivity index (χ3v) is 2.69. The summed E-state index contributed by atoms with van der Waals surface area (Å²) < 4.78 is 14.1. The summed E-state index contributed by atoms with van der Waals surface area (Å²) in [7, 11) is 1.55. The largest absolute Gasteiger partial charge is 0.313 e. The van der Waals surface area contributed by atoms with Crippen LogP contribution in [0.15, 0.2) is 22.7 Å². The van der Waals surface area contributed by atoms with Crippen molar-refractivity contribution in [2.24, 2.45) is 0 Å². The van der Waals surface area contributed by atoms with Crippen LogP contribution < -0.4 is 4.90 Å². The summed E-state index contributed by atoms with van der Waals surface area (Å²) in [6, 6.07) is 4.49. The molecule has 0 fully saturated rings. The molecule has 0 heterocycles. The number of anilines is 1. The monoisotopic (exact) mass is 291 g/mol. The quantitative estimate of drug-likeness (QED) is 0.849. The van der Waals surface area contributed by atoms with Crippen LogP contribution >= 0.6 is 28.6 Å². The molecule has 82 valence electrons. The molecule has 0 radical (unpaired) electrons. The zero-order valence-electron chi connectivity index (χ0n) is 8.20. The zero-order valence-corrected chi connectivity index (χ0v) is 10.7. The Labute approximate surface area is 102 Å². The van der Waals surface area contributed by atoms with Gasteiger partial charge in [0.2, 0.25) is 5.91 Å². The third-order valence-electron chi connectivity index (χ3n) is 1.97. The van der Waals surface area contributed by atoms with Crippen molar-refractivity contribution < 1.29 is 9.18 Å². The first-order valence-corrected chi connectivity index (χ1v) is 5.81. The number of hydrogen-bond acceptors (Lipinski definition) is 2. The highest BCUT2D eigenvalue weighted by Gasteiger charge is 2.14. The minimum atomic E-state index is -0.409. The van der Waals surface area contributed by atoms with Crippen molar-refractivity contribution >= 4 is 40.2 Å². The minimum Gasteiger partial charge on any atom is -0.313 e. The number of halogens is 2. The Morgan fingerprint density at radius 3 is 2.87 bits per heavy atom. The number of benzene rings is 1. The number of thiol groups is 1.